The number of para-hydroxylation sites is 1. The molecule has 0 spiro atoms. The maximum absolute atomic E-state index is 12.7. The molecule has 0 N–H and O–H groups in total. The third kappa shape index (κ3) is 2.88. The van der Waals surface area contributed by atoms with E-state index in [4.69, 9.17) is 0 Å². The quantitative estimate of drug-likeness (QED) is 0.663. The maximum Gasteiger partial charge on any atom is 0.257 e. The van der Waals surface area contributed by atoms with Crippen molar-refractivity contribution < 1.29 is 4.79 Å². The second-order valence-corrected chi connectivity index (χ2v) is 7.30. The molecule has 4 rings (SSSR count). The normalized spacial score (nSPS) is 16.7. The van der Waals surface area contributed by atoms with Crippen molar-refractivity contribution in [3.63, 3.8) is 0 Å². The van der Waals surface area contributed by atoms with Crippen molar-refractivity contribution in [2.45, 2.75) is 12.7 Å². The molecule has 2 heterocycles. The van der Waals surface area contributed by atoms with Crippen LogP contribution in [0.1, 0.15) is 27.8 Å². The van der Waals surface area contributed by atoms with E-state index in [0.29, 0.717) is 12.1 Å². The Morgan fingerprint density at radius 1 is 1.08 bits per heavy atom. The molecule has 2 aromatic carbocycles. The second-order valence-electron chi connectivity index (χ2n) is 6.39. The van der Waals surface area contributed by atoms with E-state index in [1.165, 1.54) is 0 Å². The highest BCUT2D eigenvalue weighted by molar-refractivity contribution is 9.10. The average molecular weight is 412 g/mol. The van der Waals surface area contributed by atoms with E-state index < -0.39 is 0 Å². The highest BCUT2D eigenvalue weighted by atomic mass is 79.9. The zero-order chi connectivity index (χ0) is 18.3. The van der Waals surface area contributed by atoms with E-state index in [-0.39, 0.29) is 12.1 Å². The second kappa shape index (κ2) is 6.57. The van der Waals surface area contributed by atoms with Gasteiger partial charge in [0.2, 0.25) is 0 Å². The Labute approximate surface area is 160 Å². The molecule has 0 aliphatic carbocycles. The molecule has 1 atom stereocenters. The zero-order valence-electron chi connectivity index (χ0n) is 14.5. The number of hydrogen-bond acceptors (Lipinski definition) is 4. The van der Waals surface area contributed by atoms with Crippen LogP contribution in [0.2, 0.25) is 0 Å². The smallest absolute Gasteiger partial charge is 0.257 e. The van der Waals surface area contributed by atoms with Crippen molar-refractivity contribution in [3.05, 3.63) is 76.0 Å². The molecule has 7 heteroatoms. The molecule has 1 aliphatic heterocycles. The van der Waals surface area contributed by atoms with Gasteiger partial charge in [0, 0.05) is 18.6 Å². The van der Waals surface area contributed by atoms with E-state index in [2.05, 4.69) is 37.2 Å². The fraction of sp³-hybridized carbons (Fsp3) is 0.211. The van der Waals surface area contributed by atoms with Crippen LogP contribution in [0.4, 0.5) is 5.69 Å². The summed E-state index contributed by atoms with van der Waals surface area (Å²) in [6.45, 7) is 0.622. The van der Waals surface area contributed by atoms with Gasteiger partial charge >= 0.3 is 0 Å². The van der Waals surface area contributed by atoms with Crippen molar-refractivity contribution in [1.29, 1.82) is 0 Å². The van der Waals surface area contributed by atoms with E-state index >= 15 is 0 Å². The average Bonchev–Trinajstić information content (AvgIpc) is 3.08. The minimum absolute atomic E-state index is 0.00904. The molecule has 0 saturated carbocycles. The number of anilines is 1. The number of hydrogen-bond donors (Lipinski definition) is 0. The summed E-state index contributed by atoms with van der Waals surface area (Å²) >= 11 is 3.48. The molecule has 1 amide bonds. The number of nitrogens with zero attached hydrogens (tertiary/aromatic N) is 5. The van der Waals surface area contributed by atoms with Crippen molar-refractivity contribution >= 4 is 27.5 Å². The largest absolute Gasteiger partial charge is 0.348 e. The lowest BCUT2D eigenvalue weighted by Crippen LogP contribution is -2.45. The van der Waals surface area contributed by atoms with Crippen LogP contribution in [0.15, 0.2) is 59.2 Å². The predicted molar refractivity (Wildman–Crippen MR) is 103 cm³/mol. The summed E-state index contributed by atoms with van der Waals surface area (Å²) in [6, 6.07) is 15.7. The molecule has 26 heavy (non-hydrogen) atoms. The van der Waals surface area contributed by atoms with Gasteiger partial charge in [0.1, 0.15) is 5.69 Å². The molecular weight excluding hydrogens is 394 g/mol. The number of aromatic nitrogens is 3. The van der Waals surface area contributed by atoms with Gasteiger partial charge in [-0.25, -0.2) is 4.68 Å². The van der Waals surface area contributed by atoms with Crippen LogP contribution in [-0.2, 0) is 6.54 Å². The van der Waals surface area contributed by atoms with E-state index in [9.17, 15) is 4.79 Å². The van der Waals surface area contributed by atoms with Crippen molar-refractivity contribution in [3.8, 4) is 0 Å². The Hall–Kier alpha value is -2.67. The van der Waals surface area contributed by atoms with Crippen LogP contribution >= 0.6 is 15.9 Å². The number of fused-ring (bicyclic) bond motifs is 1. The first-order chi connectivity index (χ1) is 12.5. The molecule has 3 aromatic rings. The summed E-state index contributed by atoms with van der Waals surface area (Å²) in [5, 5.41) is 8.59. The number of carbonyl (C=O) groups is 1. The van der Waals surface area contributed by atoms with Gasteiger partial charge in [-0.1, -0.05) is 45.4 Å². The van der Waals surface area contributed by atoms with Crippen LogP contribution in [0.5, 0.6) is 0 Å². The molecule has 6 nitrogen and oxygen atoms in total. The van der Waals surface area contributed by atoms with E-state index in [1.54, 1.807) is 16.6 Å². The molecule has 132 valence electrons. The summed E-state index contributed by atoms with van der Waals surface area (Å²) in [6.07, 6.45) is 1.62. The molecule has 0 bridgehead atoms. The van der Waals surface area contributed by atoms with Crippen LogP contribution in [-0.4, -0.2) is 39.9 Å². The summed E-state index contributed by atoms with van der Waals surface area (Å²) in [5.41, 5.74) is 3.48. The van der Waals surface area contributed by atoms with E-state index in [1.807, 2.05) is 55.7 Å². The lowest BCUT2D eigenvalue weighted by Gasteiger charge is -2.40. The zero-order valence-corrected chi connectivity index (χ0v) is 16.1. The molecule has 1 aromatic heterocycles. The minimum Gasteiger partial charge on any atom is -0.348 e. The van der Waals surface area contributed by atoms with Gasteiger partial charge < -0.3 is 9.80 Å². The third-order valence-corrected chi connectivity index (χ3v) is 5.12. The summed E-state index contributed by atoms with van der Waals surface area (Å²) in [4.78, 5) is 16.5. The van der Waals surface area contributed by atoms with Crippen LogP contribution < -0.4 is 4.90 Å². The molecular formula is C19H18BrN5O. The predicted octanol–water partition coefficient (Wildman–Crippen LogP) is 3.31. The number of amides is 1. The molecule has 0 saturated heterocycles. The fourth-order valence-corrected chi connectivity index (χ4v) is 3.83. The molecule has 1 unspecified atom stereocenters. The standard InChI is InChI=1S/C19H18BrN5O/c1-23-17-9-4-3-8-15(17)19(26)24(2)18(23)16-12-25(22-21-16)11-13-6-5-7-14(20)10-13/h3-10,12,18H,11H2,1-2H3. The first-order valence-electron chi connectivity index (χ1n) is 8.28. The third-order valence-electron chi connectivity index (χ3n) is 4.62. The van der Waals surface area contributed by atoms with Gasteiger partial charge in [0.05, 0.1) is 24.0 Å². The van der Waals surface area contributed by atoms with Gasteiger partial charge in [0.25, 0.3) is 5.91 Å². The Balaban J connectivity index is 1.64. The monoisotopic (exact) mass is 411 g/mol. The van der Waals surface area contributed by atoms with Gasteiger partial charge in [-0.2, -0.15) is 0 Å². The highest BCUT2D eigenvalue weighted by Crippen LogP contribution is 2.35. The summed E-state index contributed by atoms with van der Waals surface area (Å²) in [7, 11) is 3.77. The van der Waals surface area contributed by atoms with E-state index in [0.717, 1.165) is 21.4 Å². The summed E-state index contributed by atoms with van der Waals surface area (Å²) in [5.74, 6) is -0.00904. The first-order valence-corrected chi connectivity index (χ1v) is 9.07. The Morgan fingerprint density at radius 2 is 1.88 bits per heavy atom. The van der Waals surface area contributed by atoms with Gasteiger partial charge in [0.15, 0.2) is 6.17 Å². The Morgan fingerprint density at radius 3 is 2.69 bits per heavy atom. The topological polar surface area (TPSA) is 54.3 Å². The number of rotatable bonds is 3. The lowest BCUT2D eigenvalue weighted by atomic mass is 10.1. The van der Waals surface area contributed by atoms with Crippen molar-refractivity contribution in [2.24, 2.45) is 0 Å². The van der Waals surface area contributed by atoms with Crippen LogP contribution in [0.25, 0.3) is 0 Å². The fourth-order valence-electron chi connectivity index (χ4n) is 3.38. The number of carbonyl (C=O) groups excluding carboxylic acids is 1. The van der Waals surface area contributed by atoms with Crippen molar-refractivity contribution in [2.75, 3.05) is 19.0 Å². The van der Waals surface area contributed by atoms with Crippen LogP contribution in [0, 0.1) is 0 Å². The maximum atomic E-state index is 12.7. The number of benzene rings is 2. The Bertz CT molecular complexity index is 970. The molecule has 0 radical (unpaired) electrons. The molecule has 0 fully saturated rings. The lowest BCUT2D eigenvalue weighted by molar-refractivity contribution is 0.0707. The Kier molecular flexibility index (Phi) is 4.24. The summed E-state index contributed by atoms with van der Waals surface area (Å²) < 4.78 is 2.83. The SMILES string of the molecule is CN1C(=O)c2ccccc2N(C)C1c1cn(Cc2cccc(Br)c2)nn1. The van der Waals surface area contributed by atoms with Gasteiger partial charge in [-0.05, 0) is 29.8 Å². The highest BCUT2D eigenvalue weighted by Gasteiger charge is 2.35. The number of halogens is 1. The molecule has 1 aliphatic rings. The van der Waals surface area contributed by atoms with Gasteiger partial charge in [-0.3, -0.25) is 4.79 Å². The minimum atomic E-state index is -0.284. The van der Waals surface area contributed by atoms with Crippen LogP contribution in [0.3, 0.4) is 0 Å². The van der Waals surface area contributed by atoms with Gasteiger partial charge in [-0.15, -0.1) is 5.10 Å². The first kappa shape index (κ1) is 16.8. The van der Waals surface area contributed by atoms with Crippen molar-refractivity contribution in [1.82, 2.24) is 19.9 Å².